The zero-order chi connectivity index (χ0) is 19.0. The van der Waals surface area contributed by atoms with Gasteiger partial charge in [0.2, 0.25) is 5.75 Å². The molecule has 1 amide bonds. The molecule has 1 saturated carbocycles. The van der Waals surface area contributed by atoms with Gasteiger partial charge in [-0.3, -0.25) is 4.79 Å². The molecule has 140 valence electrons. The van der Waals surface area contributed by atoms with Crippen LogP contribution in [0, 0.1) is 0 Å². The van der Waals surface area contributed by atoms with Gasteiger partial charge in [-0.1, -0.05) is 0 Å². The molecule has 1 fully saturated rings. The van der Waals surface area contributed by atoms with Crippen molar-refractivity contribution in [1.82, 2.24) is 5.01 Å². The predicted octanol–water partition coefficient (Wildman–Crippen LogP) is 2.64. The van der Waals surface area contributed by atoms with Gasteiger partial charge in [0.1, 0.15) is 5.70 Å². The number of aliphatic imine (C=N–C) groups is 2. The summed E-state index contributed by atoms with van der Waals surface area (Å²) >= 11 is 0. The van der Waals surface area contributed by atoms with E-state index in [4.69, 9.17) is 14.2 Å². The van der Waals surface area contributed by atoms with Crippen LogP contribution in [0.15, 0.2) is 32.9 Å². The molecule has 8 nitrogen and oxygen atoms in total. The molecule has 0 unspecified atom stereocenters. The number of methoxy groups -OCH3 is 3. The number of carbonyl (C=O) groups is 1. The summed E-state index contributed by atoms with van der Waals surface area (Å²) in [5.41, 5.74) is 2.94. The third kappa shape index (κ3) is 2.97. The van der Waals surface area contributed by atoms with Gasteiger partial charge in [-0.05, 0) is 49.5 Å². The van der Waals surface area contributed by atoms with Crippen LogP contribution in [-0.4, -0.2) is 49.6 Å². The Hall–Kier alpha value is -3.16. The molecular formula is C19H20N4O4. The molecule has 0 radical (unpaired) electrons. The van der Waals surface area contributed by atoms with E-state index in [1.54, 1.807) is 39.5 Å². The highest BCUT2D eigenvalue weighted by atomic mass is 16.5. The monoisotopic (exact) mass is 368 g/mol. The molecule has 1 aliphatic carbocycles. The van der Waals surface area contributed by atoms with E-state index in [1.807, 2.05) is 0 Å². The molecule has 0 N–H and O–H groups in total. The number of hydrazone groups is 1. The first-order chi connectivity index (χ1) is 13.1. The average molecular weight is 368 g/mol. The molecular weight excluding hydrogens is 348 g/mol. The number of fused-ring (bicyclic) bond motifs is 2. The minimum Gasteiger partial charge on any atom is -0.493 e. The number of carbonyl (C=O) groups excluding carboxylic acids is 1. The smallest absolute Gasteiger partial charge is 0.299 e. The maximum Gasteiger partial charge on any atom is 0.299 e. The van der Waals surface area contributed by atoms with Crippen LogP contribution in [0.5, 0.6) is 17.2 Å². The molecule has 0 atom stereocenters. The van der Waals surface area contributed by atoms with Crippen LogP contribution in [0.25, 0.3) is 6.08 Å². The SMILES string of the molecule is COc1cc(C=C2C(=O)N=C3N=C4CCCCC4=NN23)cc(OC)c1OC. The zero-order valence-electron chi connectivity index (χ0n) is 15.5. The minimum atomic E-state index is -0.369. The lowest BCUT2D eigenvalue weighted by Gasteiger charge is -2.24. The van der Waals surface area contributed by atoms with Crippen LogP contribution in [0.4, 0.5) is 0 Å². The van der Waals surface area contributed by atoms with Gasteiger partial charge in [0, 0.05) is 0 Å². The largest absolute Gasteiger partial charge is 0.493 e. The Balaban J connectivity index is 1.74. The highest BCUT2D eigenvalue weighted by molar-refractivity contribution is 6.45. The lowest BCUT2D eigenvalue weighted by atomic mass is 9.96. The van der Waals surface area contributed by atoms with Crippen molar-refractivity contribution in [2.75, 3.05) is 21.3 Å². The maximum absolute atomic E-state index is 12.5. The molecule has 4 rings (SSSR count). The van der Waals surface area contributed by atoms with E-state index >= 15 is 0 Å². The number of guanidine groups is 1. The van der Waals surface area contributed by atoms with Crippen molar-refractivity contribution in [3.63, 3.8) is 0 Å². The Morgan fingerprint density at radius 2 is 1.63 bits per heavy atom. The summed E-state index contributed by atoms with van der Waals surface area (Å²) in [6.45, 7) is 0. The fourth-order valence-corrected chi connectivity index (χ4v) is 3.37. The van der Waals surface area contributed by atoms with Crippen LogP contribution in [-0.2, 0) is 4.79 Å². The van der Waals surface area contributed by atoms with Crippen LogP contribution >= 0.6 is 0 Å². The predicted molar refractivity (Wildman–Crippen MR) is 102 cm³/mol. The van der Waals surface area contributed by atoms with E-state index in [0.717, 1.165) is 37.1 Å². The van der Waals surface area contributed by atoms with E-state index in [9.17, 15) is 4.79 Å². The standard InChI is InChI=1S/C19H20N4O4/c1-25-15-9-11(10-16(26-2)17(15)27-3)8-14-18(24)21-19-20-12-6-4-5-7-13(12)22-23(14)19/h8-10H,4-7H2,1-3H3. The third-order valence-corrected chi connectivity index (χ3v) is 4.69. The Kier molecular flexibility index (Phi) is 4.39. The molecule has 0 saturated heterocycles. The summed E-state index contributed by atoms with van der Waals surface area (Å²) < 4.78 is 16.1. The first-order valence-electron chi connectivity index (χ1n) is 8.75. The van der Waals surface area contributed by atoms with Gasteiger partial charge in [0.25, 0.3) is 11.9 Å². The second kappa shape index (κ2) is 6.86. The number of rotatable bonds is 4. The Bertz CT molecular complexity index is 905. The minimum absolute atomic E-state index is 0.333. The van der Waals surface area contributed by atoms with Crippen molar-refractivity contribution >= 4 is 29.4 Å². The van der Waals surface area contributed by atoms with Crippen LogP contribution in [0.1, 0.15) is 31.2 Å². The number of hydrogen-bond acceptors (Lipinski definition) is 7. The van der Waals surface area contributed by atoms with Gasteiger partial charge in [-0.25, -0.2) is 4.99 Å². The molecule has 2 heterocycles. The highest BCUT2D eigenvalue weighted by Crippen LogP contribution is 2.39. The van der Waals surface area contributed by atoms with Gasteiger partial charge in [-0.2, -0.15) is 15.1 Å². The van der Waals surface area contributed by atoms with E-state index in [0.29, 0.717) is 34.5 Å². The fraction of sp³-hybridized carbons (Fsp3) is 0.368. The summed E-state index contributed by atoms with van der Waals surface area (Å²) in [6.07, 6.45) is 5.63. The van der Waals surface area contributed by atoms with E-state index < -0.39 is 0 Å². The normalized spacial score (nSPS) is 19.8. The Morgan fingerprint density at radius 1 is 0.963 bits per heavy atom. The van der Waals surface area contributed by atoms with E-state index in [-0.39, 0.29) is 5.91 Å². The Morgan fingerprint density at radius 3 is 2.26 bits per heavy atom. The first-order valence-corrected chi connectivity index (χ1v) is 8.75. The van der Waals surface area contributed by atoms with Crippen molar-refractivity contribution in [2.45, 2.75) is 25.7 Å². The maximum atomic E-state index is 12.5. The van der Waals surface area contributed by atoms with Gasteiger partial charge in [-0.15, -0.1) is 0 Å². The fourth-order valence-electron chi connectivity index (χ4n) is 3.37. The lowest BCUT2D eigenvalue weighted by molar-refractivity contribution is -0.114. The summed E-state index contributed by atoms with van der Waals surface area (Å²) in [6, 6.07) is 3.54. The first kappa shape index (κ1) is 17.3. The van der Waals surface area contributed by atoms with Crippen molar-refractivity contribution in [3.8, 4) is 17.2 Å². The van der Waals surface area contributed by atoms with Crippen LogP contribution < -0.4 is 14.2 Å². The molecule has 1 aromatic rings. The summed E-state index contributed by atoms with van der Waals surface area (Å²) in [5, 5.41) is 6.15. The van der Waals surface area contributed by atoms with Crippen LogP contribution in [0.3, 0.4) is 0 Å². The second-order valence-corrected chi connectivity index (χ2v) is 6.33. The molecule has 0 bridgehead atoms. The average Bonchev–Trinajstić information content (AvgIpc) is 2.99. The molecule has 3 aliphatic rings. The molecule has 0 aromatic heterocycles. The van der Waals surface area contributed by atoms with E-state index in [1.165, 1.54) is 5.01 Å². The third-order valence-electron chi connectivity index (χ3n) is 4.69. The summed E-state index contributed by atoms with van der Waals surface area (Å²) in [7, 11) is 4.64. The number of nitrogens with zero attached hydrogens (tertiary/aromatic N) is 4. The number of ether oxygens (including phenoxy) is 3. The van der Waals surface area contributed by atoms with Gasteiger partial charge >= 0.3 is 0 Å². The van der Waals surface area contributed by atoms with Gasteiger partial charge in [0.15, 0.2) is 11.5 Å². The van der Waals surface area contributed by atoms with Crippen molar-refractivity contribution in [2.24, 2.45) is 15.1 Å². The molecule has 2 aliphatic heterocycles. The van der Waals surface area contributed by atoms with Gasteiger partial charge < -0.3 is 14.2 Å². The molecule has 8 heteroatoms. The molecule has 27 heavy (non-hydrogen) atoms. The summed E-state index contributed by atoms with van der Waals surface area (Å²) in [5.74, 6) is 1.47. The number of hydrogen-bond donors (Lipinski definition) is 0. The zero-order valence-corrected chi connectivity index (χ0v) is 15.5. The van der Waals surface area contributed by atoms with Crippen molar-refractivity contribution in [3.05, 3.63) is 23.4 Å². The Labute approximate surface area is 156 Å². The lowest BCUT2D eigenvalue weighted by Crippen LogP contribution is -2.33. The number of benzene rings is 1. The molecule has 1 aromatic carbocycles. The van der Waals surface area contributed by atoms with Gasteiger partial charge in [0.05, 0.1) is 32.8 Å². The topological polar surface area (TPSA) is 85.1 Å². The van der Waals surface area contributed by atoms with Crippen molar-refractivity contribution < 1.29 is 19.0 Å². The summed E-state index contributed by atoms with van der Waals surface area (Å²) in [4.78, 5) is 21.0. The molecule has 0 spiro atoms. The highest BCUT2D eigenvalue weighted by Gasteiger charge is 2.34. The number of amides is 1. The van der Waals surface area contributed by atoms with E-state index in [2.05, 4.69) is 15.1 Å². The second-order valence-electron chi connectivity index (χ2n) is 6.33. The van der Waals surface area contributed by atoms with Crippen molar-refractivity contribution in [1.29, 1.82) is 0 Å². The van der Waals surface area contributed by atoms with Crippen LogP contribution in [0.2, 0.25) is 0 Å². The quantitative estimate of drug-likeness (QED) is 0.763.